The van der Waals surface area contributed by atoms with Crippen molar-refractivity contribution in [2.75, 3.05) is 0 Å². The van der Waals surface area contributed by atoms with Crippen molar-refractivity contribution in [2.24, 2.45) is 0 Å². The Morgan fingerprint density at radius 3 is 2.06 bits per heavy atom. The van der Waals surface area contributed by atoms with Crippen LogP contribution in [0.2, 0.25) is 0 Å². The van der Waals surface area contributed by atoms with Crippen molar-refractivity contribution in [1.82, 2.24) is 0 Å². The zero-order valence-electron chi connectivity index (χ0n) is 20.6. The molecule has 0 spiro atoms. The van der Waals surface area contributed by atoms with Crippen molar-refractivity contribution in [3.8, 4) is 5.75 Å². The number of hydrogen-bond acceptors (Lipinski definition) is 1. The van der Waals surface area contributed by atoms with Gasteiger partial charge in [0, 0.05) is 5.56 Å². The summed E-state index contributed by atoms with van der Waals surface area (Å²) >= 11 is 0.153. The van der Waals surface area contributed by atoms with Crippen LogP contribution in [0.1, 0.15) is 43.9 Å². The number of allylic oxidation sites excluding steroid dienone is 6. The van der Waals surface area contributed by atoms with Crippen LogP contribution in [0.4, 0.5) is 0 Å². The Labute approximate surface area is 213 Å². The van der Waals surface area contributed by atoms with E-state index in [4.69, 9.17) is 4.74 Å². The van der Waals surface area contributed by atoms with Gasteiger partial charge in [0.25, 0.3) is 0 Å². The first-order valence-corrected chi connectivity index (χ1v) is 13.2. The van der Waals surface area contributed by atoms with Gasteiger partial charge in [-0.3, -0.25) is 0 Å². The maximum atomic E-state index is 6.20. The van der Waals surface area contributed by atoms with Crippen LogP contribution in [0.25, 0.3) is 11.8 Å². The van der Waals surface area contributed by atoms with Gasteiger partial charge in [0.2, 0.25) is 0 Å². The summed E-state index contributed by atoms with van der Waals surface area (Å²) in [5, 5.41) is 0. The molecule has 3 aromatic rings. The summed E-state index contributed by atoms with van der Waals surface area (Å²) in [6, 6.07) is 28.6. The second-order valence-corrected chi connectivity index (χ2v) is 11.4. The van der Waals surface area contributed by atoms with Gasteiger partial charge in [-0.2, -0.15) is 0 Å². The molecule has 1 aliphatic carbocycles. The normalized spacial score (nSPS) is 12.9. The molecule has 4 rings (SSSR count). The fourth-order valence-corrected chi connectivity index (χ4v) is 5.03. The van der Waals surface area contributed by atoms with E-state index in [0.29, 0.717) is 0 Å². The topological polar surface area (TPSA) is 9.23 Å². The minimum absolute atomic E-state index is 0.153. The van der Waals surface area contributed by atoms with Crippen LogP contribution in [0.5, 0.6) is 5.75 Å². The van der Waals surface area contributed by atoms with Gasteiger partial charge in [-0.1, -0.05) is 90.5 Å². The van der Waals surface area contributed by atoms with Gasteiger partial charge in [0.05, 0.1) is 0 Å². The predicted octanol–water partition coefficient (Wildman–Crippen LogP) is 8.64. The molecule has 171 valence electrons. The van der Waals surface area contributed by atoms with E-state index in [2.05, 4.69) is 94.5 Å². The first-order chi connectivity index (χ1) is 16.5. The SMILES string of the molecule is CC(C=Cc1ccc(C)cc1)=C(Oc1ccccc1)c1ccccc1.C[C](C)=[Ti][C]1=CC=CC1. The van der Waals surface area contributed by atoms with Gasteiger partial charge in [-0.15, -0.1) is 0 Å². The summed E-state index contributed by atoms with van der Waals surface area (Å²) in [7, 11) is 0. The summed E-state index contributed by atoms with van der Waals surface area (Å²) in [5.74, 6) is 1.71. The molecule has 0 N–H and O–H groups in total. The monoisotopic (exact) mass is 481 g/mol. The van der Waals surface area contributed by atoms with Crippen molar-refractivity contribution in [3.05, 3.63) is 135 Å². The zero-order valence-corrected chi connectivity index (χ0v) is 22.1. The minimum atomic E-state index is 0.153. The first kappa shape index (κ1) is 25.6. The number of rotatable bonds is 6. The molecule has 1 nitrogen and oxygen atoms in total. The van der Waals surface area contributed by atoms with Crippen molar-refractivity contribution in [1.29, 1.82) is 0 Å². The Balaban J connectivity index is 0.000000302. The van der Waals surface area contributed by atoms with Gasteiger partial charge in [0.15, 0.2) is 0 Å². The molecule has 0 amide bonds. The van der Waals surface area contributed by atoms with E-state index in [9.17, 15) is 0 Å². The molecule has 1 aliphatic rings. The average Bonchev–Trinajstić information content (AvgIpc) is 3.36. The second kappa shape index (κ2) is 13.6. The fourth-order valence-electron chi connectivity index (χ4n) is 3.40. The number of hydrogen-bond donors (Lipinski definition) is 0. The van der Waals surface area contributed by atoms with Crippen molar-refractivity contribution < 1.29 is 23.4 Å². The maximum absolute atomic E-state index is 6.20. The van der Waals surface area contributed by atoms with Crippen molar-refractivity contribution in [3.63, 3.8) is 0 Å². The van der Waals surface area contributed by atoms with Gasteiger partial charge in [0.1, 0.15) is 11.5 Å². The molecule has 34 heavy (non-hydrogen) atoms. The Bertz CT molecular complexity index is 1190. The van der Waals surface area contributed by atoms with Crippen LogP contribution < -0.4 is 4.74 Å². The molecule has 0 aliphatic heterocycles. The summed E-state index contributed by atoms with van der Waals surface area (Å²) in [4.78, 5) is 0. The molecule has 2 heteroatoms. The molecule has 0 aromatic heterocycles. The number of ether oxygens (including phenoxy) is 1. The van der Waals surface area contributed by atoms with Gasteiger partial charge in [-0.25, -0.2) is 0 Å². The van der Waals surface area contributed by atoms with E-state index in [1.807, 2.05) is 48.5 Å². The molecule has 0 saturated carbocycles. The Morgan fingerprint density at radius 2 is 1.47 bits per heavy atom. The molecule has 0 heterocycles. The first-order valence-electron chi connectivity index (χ1n) is 11.7. The molecule has 0 atom stereocenters. The van der Waals surface area contributed by atoms with Gasteiger partial charge in [-0.05, 0) is 37.1 Å². The standard InChI is InChI=1S/C24H22O.C5H5.C3H6.Ti/c1-19-13-16-21(17-14-19)18-15-20(2)24(22-9-5-3-6-10-22)25-23-11-7-4-8-12-23;1-2-4-5-3-1;1-3-2;/h3-18H,1-2H3;1-3H,4H2;1-2H3;. The third-order valence-corrected chi connectivity index (χ3v) is 7.00. The quantitative estimate of drug-likeness (QED) is 0.195. The zero-order chi connectivity index (χ0) is 24.2. The Kier molecular flexibility index (Phi) is 10.3. The summed E-state index contributed by atoms with van der Waals surface area (Å²) in [6.45, 7) is 8.65. The van der Waals surface area contributed by atoms with E-state index < -0.39 is 0 Å². The Hall–Kier alpha value is -3.00. The van der Waals surface area contributed by atoms with E-state index in [1.165, 1.54) is 17.5 Å². The van der Waals surface area contributed by atoms with Gasteiger partial charge >= 0.3 is 64.9 Å². The molecule has 0 fully saturated rings. The summed E-state index contributed by atoms with van der Waals surface area (Å²) < 4.78 is 9.50. The number of aryl methyl sites for hydroxylation is 1. The van der Waals surface area contributed by atoms with E-state index in [1.54, 1.807) is 7.69 Å². The van der Waals surface area contributed by atoms with Crippen LogP contribution in [0.15, 0.2) is 119 Å². The molecule has 0 unspecified atom stereocenters. The molecular weight excluding hydrogens is 448 g/mol. The van der Waals surface area contributed by atoms with Crippen LogP contribution in [-0.2, 0) is 18.7 Å². The third-order valence-electron chi connectivity index (χ3n) is 5.14. The molecular formula is C32H33OTi. The van der Waals surface area contributed by atoms with Crippen LogP contribution in [0.3, 0.4) is 0 Å². The van der Waals surface area contributed by atoms with Crippen LogP contribution in [0, 0.1) is 6.92 Å². The average molecular weight is 481 g/mol. The molecule has 0 radical (unpaired) electrons. The number of para-hydroxylation sites is 1. The van der Waals surface area contributed by atoms with Crippen molar-refractivity contribution in [2.45, 2.75) is 34.1 Å². The molecule has 0 bridgehead atoms. The Morgan fingerprint density at radius 1 is 0.824 bits per heavy atom. The predicted molar refractivity (Wildman–Crippen MR) is 145 cm³/mol. The van der Waals surface area contributed by atoms with Crippen molar-refractivity contribution >= 4 is 15.6 Å². The van der Waals surface area contributed by atoms with E-state index in [-0.39, 0.29) is 18.7 Å². The van der Waals surface area contributed by atoms with E-state index in [0.717, 1.165) is 22.6 Å². The van der Waals surface area contributed by atoms with Crippen LogP contribution in [-0.4, -0.2) is 3.81 Å². The fraction of sp³-hybridized carbons (Fsp3) is 0.156. The third kappa shape index (κ3) is 8.74. The number of benzene rings is 3. The summed E-state index contributed by atoms with van der Waals surface area (Å²) in [6.07, 6.45) is 12.1. The van der Waals surface area contributed by atoms with Crippen LogP contribution >= 0.6 is 0 Å². The summed E-state index contributed by atoms with van der Waals surface area (Å²) in [5.41, 5.74) is 4.59. The molecule has 3 aromatic carbocycles. The van der Waals surface area contributed by atoms with Gasteiger partial charge < -0.3 is 4.74 Å². The van der Waals surface area contributed by atoms with E-state index >= 15 is 0 Å². The molecule has 0 saturated heterocycles. The second-order valence-electron chi connectivity index (χ2n) is 8.49.